The summed E-state index contributed by atoms with van der Waals surface area (Å²) in [6, 6.07) is 0. The Morgan fingerprint density at radius 1 is 1.00 bits per heavy atom. The van der Waals surface area contributed by atoms with Gasteiger partial charge in [-0.3, -0.25) is 4.79 Å². The molecule has 0 aromatic carbocycles. The first-order valence-electron chi connectivity index (χ1n) is 11.6. The standard InChI is InChI=1S/C25H44O2/c1-17(2)23(6)15-12-19-18(16-23)10-11-20-24(19,7)13-9-14-25(20,8)21(26)27-22(3,4)5/h17-20H,9-16H2,1-8H3. The molecule has 6 unspecified atom stereocenters. The Bertz CT molecular complexity index is 573. The predicted octanol–water partition coefficient (Wildman–Crippen LogP) is 7.01. The van der Waals surface area contributed by atoms with Crippen LogP contribution in [0.2, 0.25) is 0 Å². The number of hydrogen-bond donors (Lipinski definition) is 0. The molecule has 3 rings (SSSR count). The molecule has 0 radical (unpaired) electrons. The van der Waals surface area contributed by atoms with Crippen LogP contribution < -0.4 is 0 Å². The summed E-state index contributed by atoms with van der Waals surface area (Å²) in [4.78, 5) is 13.3. The van der Waals surface area contributed by atoms with Gasteiger partial charge in [0.05, 0.1) is 5.41 Å². The van der Waals surface area contributed by atoms with Crippen molar-refractivity contribution < 1.29 is 9.53 Å². The van der Waals surface area contributed by atoms with E-state index in [1.807, 2.05) is 20.8 Å². The lowest BCUT2D eigenvalue weighted by Gasteiger charge is -2.62. The smallest absolute Gasteiger partial charge is 0.312 e. The minimum Gasteiger partial charge on any atom is -0.460 e. The lowest BCUT2D eigenvalue weighted by atomic mass is 9.42. The molecule has 3 saturated carbocycles. The fourth-order valence-electron chi connectivity index (χ4n) is 7.28. The first kappa shape index (κ1) is 21.2. The highest BCUT2D eigenvalue weighted by molar-refractivity contribution is 5.77. The van der Waals surface area contributed by atoms with Gasteiger partial charge in [0.25, 0.3) is 0 Å². The number of fused-ring (bicyclic) bond motifs is 3. The molecule has 6 atom stereocenters. The van der Waals surface area contributed by atoms with E-state index >= 15 is 0 Å². The van der Waals surface area contributed by atoms with Crippen LogP contribution in [-0.4, -0.2) is 11.6 Å². The molecule has 27 heavy (non-hydrogen) atoms. The van der Waals surface area contributed by atoms with Crippen molar-refractivity contribution >= 4 is 5.97 Å². The topological polar surface area (TPSA) is 26.3 Å². The second-order valence-corrected chi connectivity index (χ2v) is 12.3. The first-order valence-corrected chi connectivity index (χ1v) is 11.6. The minimum absolute atomic E-state index is 0.0622. The zero-order valence-electron chi connectivity index (χ0n) is 19.3. The first-order chi connectivity index (χ1) is 12.3. The van der Waals surface area contributed by atoms with E-state index in [4.69, 9.17) is 4.74 Å². The van der Waals surface area contributed by atoms with Crippen LogP contribution in [0.1, 0.15) is 107 Å². The van der Waals surface area contributed by atoms with E-state index in [1.54, 1.807) is 0 Å². The number of esters is 1. The number of rotatable bonds is 2. The van der Waals surface area contributed by atoms with Gasteiger partial charge in [-0.15, -0.1) is 0 Å². The summed E-state index contributed by atoms with van der Waals surface area (Å²) >= 11 is 0. The van der Waals surface area contributed by atoms with Crippen molar-refractivity contribution in [3.8, 4) is 0 Å². The maximum atomic E-state index is 13.3. The van der Waals surface area contributed by atoms with E-state index in [1.165, 1.54) is 44.9 Å². The molecule has 0 aliphatic heterocycles. The van der Waals surface area contributed by atoms with Gasteiger partial charge in [0, 0.05) is 0 Å². The Kier molecular flexibility index (Phi) is 5.31. The molecule has 0 amide bonds. The molecule has 156 valence electrons. The van der Waals surface area contributed by atoms with Crippen LogP contribution in [-0.2, 0) is 9.53 Å². The molecule has 2 heteroatoms. The van der Waals surface area contributed by atoms with Crippen LogP contribution in [0, 0.1) is 39.9 Å². The Balaban J connectivity index is 1.85. The summed E-state index contributed by atoms with van der Waals surface area (Å²) in [5, 5.41) is 0. The van der Waals surface area contributed by atoms with Crippen molar-refractivity contribution in [1.29, 1.82) is 0 Å². The molecule has 3 aliphatic rings. The highest BCUT2D eigenvalue weighted by Crippen LogP contribution is 2.66. The van der Waals surface area contributed by atoms with Crippen LogP contribution in [0.25, 0.3) is 0 Å². The molecular weight excluding hydrogens is 332 g/mol. The maximum absolute atomic E-state index is 13.3. The van der Waals surface area contributed by atoms with Crippen LogP contribution in [0.15, 0.2) is 0 Å². The summed E-state index contributed by atoms with van der Waals surface area (Å²) < 4.78 is 5.94. The Labute approximate surface area is 168 Å². The lowest BCUT2D eigenvalue weighted by molar-refractivity contribution is -0.190. The van der Waals surface area contributed by atoms with Gasteiger partial charge in [-0.05, 0) is 107 Å². The number of hydrogen-bond acceptors (Lipinski definition) is 2. The third-order valence-electron chi connectivity index (χ3n) is 9.23. The molecule has 0 N–H and O–H groups in total. The molecule has 3 aliphatic carbocycles. The zero-order chi connectivity index (χ0) is 20.3. The van der Waals surface area contributed by atoms with Crippen molar-refractivity contribution in [2.24, 2.45) is 39.9 Å². The SMILES string of the molecule is CC(C)C1(C)CCC2C(CCC3C(C)(C(=O)OC(C)(C)C)CCCC23C)C1. The molecular formula is C25H44O2. The lowest BCUT2D eigenvalue weighted by Crippen LogP contribution is -2.57. The number of carbonyl (C=O) groups excluding carboxylic acids is 1. The van der Waals surface area contributed by atoms with E-state index in [9.17, 15) is 4.79 Å². The van der Waals surface area contributed by atoms with Gasteiger partial charge < -0.3 is 4.74 Å². The average Bonchev–Trinajstić information content (AvgIpc) is 2.52. The van der Waals surface area contributed by atoms with Crippen molar-refractivity contribution in [3.63, 3.8) is 0 Å². The van der Waals surface area contributed by atoms with Gasteiger partial charge in [0.15, 0.2) is 0 Å². The molecule has 0 spiro atoms. The monoisotopic (exact) mass is 376 g/mol. The third kappa shape index (κ3) is 3.60. The molecule has 0 aromatic rings. The number of ether oxygens (including phenoxy) is 1. The van der Waals surface area contributed by atoms with Crippen molar-refractivity contribution in [3.05, 3.63) is 0 Å². The molecule has 0 bridgehead atoms. The highest BCUT2D eigenvalue weighted by Gasteiger charge is 2.60. The van der Waals surface area contributed by atoms with Crippen molar-refractivity contribution in [2.75, 3.05) is 0 Å². The van der Waals surface area contributed by atoms with Gasteiger partial charge >= 0.3 is 5.97 Å². The zero-order valence-corrected chi connectivity index (χ0v) is 19.3. The fraction of sp³-hybridized carbons (Fsp3) is 0.960. The Hall–Kier alpha value is -0.530. The molecule has 3 fully saturated rings. The fourth-order valence-corrected chi connectivity index (χ4v) is 7.28. The van der Waals surface area contributed by atoms with Crippen molar-refractivity contribution in [1.82, 2.24) is 0 Å². The number of carbonyl (C=O) groups is 1. The predicted molar refractivity (Wildman–Crippen MR) is 112 cm³/mol. The van der Waals surface area contributed by atoms with E-state index < -0.39 is 5.60 Å². The van der Waals surface area contributed by atoms with E-state index in [0.29, 0.717) is 16.7 Å². The summed E-state index contributed by atoms with van der Waals surface area (Å²) in [5.41, 5.74) is 0.123. The summed E-state index contributed by atoms with van der Waals surface area (Å²) in [5.74, 6) is 2.96. The quantitative estimate of drug-likeness (QED) is 0.484. The maximum Gasteiger partial charge on any atom is 0.312 e. The highest BCUT2D eigenvalue weighted by atomic mass is 16.6. The summed E-state index contributed by atoms with van der Waals surface area (Å²) in [7, 11) is 0. The molecule has 0 heterocycles. The van der Waals surface area contributed by atoms with Gasteiger partial charge in [-0.25, -0.2) is 0 Å². The molecule has 0 aromatic heterocycles. The van der Waals surface area contributed by atoms with Gasteiger partial charge in [0.2, 0.25) is 0 Å². The van der Waals surface area contributed by atoms with Crippen LogP contribution >= 0.6 is 0 Å². The van der Waals surface area contributed by atoms with Crippen LogP contribution in [0.5, 0.6) is 0 Å². The van der Waals surface area contributed by atoms with Crippen LogP contribution in [0.3, 0.4) is 0 Å². The minimum atomic E-state index is -0.394. The Morgan fingerprint density at radius 3 is 2.26 bits per heavy atom. The van der Waals surface area contributed by atoms with Gasteiger partial charge in [-0.1, -0.05) is 34.1 Å². The van der Waals surface area contributed by atoms with Crippen molar-refractivity contribution in [2.45, 2.75) is 112 Å². The Morgan fingerprint density at radius 2 is 1.67 bits per heavy atom. The van der Waals surface area contributed by atoms with Crippen LogP contribution in [0.4, 0.5) is 0 Å². The summed E-state index contributed by atoms with van der Waals surface area (Å²) in [6.45, 7) is 18.1. The van der Waals surface area contributed by atoms with E-state index in [-0.39, 0.29) is 11.4 Å². The normalized spacial score (nSPS) is 45.1. The van der Waals surface area contributed by atoms with Gasteiger partial charge in [0.1, 0.15) is 5.60 Å². The molecule has 2 nitrogen and oxygen atoms in total. The largest absolute Gasteiger partial charge is 0.460 e. The van der Waals surface area contributed by atoms with E-state index in [2.05, 4.69) is 34.6 Å². The third-order valence-corrected chi connectivity index (χ3v) is 9.23. The second kappa shape index (κ2) is 6.77. The van der Waals surface area contributed by atoms with E-state index in [0.717, 1.165) is 24.2 Å². The second-order valence-electron chi connectivity index (χ2n) is 12.3. The average molecular weight is 377 g/mol. The summed E-state index contributed by atoms with van der Waals surface area (Å²) in [6.07, 6.45) is 10.1. The molecule has 0 saturated heterocycles. The van der Waals surface area contributed by atoms with Gasteiger partial charge in [-0.2, -0.15) is 0 Å².